The van der Waals surface area contributed by atoms with E-state index in [0.717, 1.165) is 25.9 Å². The Morgan fingerprint density at radius 2 is 2.20 bits per heavy atom. The van der Waals surface area contributed by atoms with E-state index in [9.17, 15) is 4.79 Å². The predicted molar refractivity (Wildman–Crippen MR) is 57.8 cm³/mol. The molecule has 0 aromatic carbocycles. The number of anilines is 1. The summed E-state index contributed by atoms with van der Waals surface area (Å²) < 4.78 is 0.343. The van der Waals surface area contributed by atoms with Crippen molar-refractivity contribution in [2.45, 2.75) is 12.8 Å². The van der Waals surface area contributed by atoms with E-state index in [0.29, 0.717) is 10.5 Å². The minimum absolute atomic E-state index is 0.181. The summed E-state index contributed by atoms with van der Waals surface area (Å²) in [6.07, 6.45) is 2.16. The van der Waals surface area contributed by atoms with Crippen molar-refractivity contribution in [3.63, 3.8) is 0 Å². The van der Waals surface area contributed by atoms with Crippen LogP contribution in [0.2, 0.25) is 0 Å². The molecule has 5 nitrogen and oxygen atoms in total. The first kappa shape index (κ1) is 10.1. The van der Waals surface area contributed by atoms with Gasteiger partial charge in [-0.1, -0.05) is 12.2 Å². The maximum atomic E-state index is 11.0. The van der Waals surface area contributed by atoms with Crippen LogP contribution in [0.3, 0.4) is 0 Å². The molecule has 2 heterocycles. The molecule has 6 heteroatoms. The fraction of sp³-hybridized carbons (Fsp3) is 0.444. The molecule has 15 heavy (non-hydrogen) atoms. The van der Waals surface area contributed by atoms with Gasteiger partial charge in [0.15, 0.2) is 5.82 Å². The van der Waals surface area contributed by atoms with Gasteiger partial charge in [-0.15, -0.1) is 0 Å². The summed E-state index contributed by atoms with van der Waals surface area (Å²) in [6, 6.07) is 1.44. The van der Waals surface area contributed by atoms with E-state index in [2.05, 4.69) is 10.2 Å². The van der Waals surface area contributed by atoms with Gasteiger partial charge in [-0.2, -0.15) is 5.10 Å². The molecule has 0 unspecified atom stereocenters. The first-order chi connectivity index (χ1) is 7.18. The van der Waals surface area contributed by atoms with Gasteiger partial charge in [-0.25, -0.2) is 4.79 Å². The van der Waals surface area contributed by atoms with Gasteiger partial charge in [0.05, 0.1) is 0 Å². The van der Waals surface area contributed by atoms with Gasteiger partial charge >= 0.3 is 5.97 Å². The molecular formula is C9H11N3O2S. The van der Waals surface area contributed by atoms with Gasteiger partial charge in [0.1, 0.15) is 10.2 Å². The van der Waals surface area contributed by atoms with Crippen LogP contribution < -0.4 is 4.90 Å². The number of hydrogen-bond donors (Lipinski definition) is 2. The molecule has 0 spiro atoms. The number of carbonyl (C=O) groups is 1. The molecule has 80 valence electrons. The van der Waals surface area contributed by atoms with Gasteiger partial charge in [0, 0.05) is 13.1 Å². The van der Waals surface area contributed by atoms with Gasteiger partial charge in [-0.05, 0) is 18.9 Å². The quantitative estimate of drug-likeness (QED) is 0.745. The first-order valence-corrected chi connectivity index (χ1v) is 5.17. The molecule has 0 aliphatic carbocycles. The van der Waals surface area contributed by atoms with Gasteiger partial charge in [0.2, 0.25) is 0 Å². The summed E-state index contributed by atoms with van der Waals surface area (Å²) in [4.78, 5) is 13.0. The Labute approximate surface area is 91.7 Å². The summed E-state index contributed by atoms with van der Waals surface area (Å²) in [7, 11) is 0. The number of aromatic amines is 1. The van der Waals surface area contributed by atoms with E-state index in [1.807, 2.05) is 4.90 Å². The summed E-state index contributed by atoms with van der Waals surface area (Å²) in [6.45, 7) is 1.72. The number of nitrogens with one attached hydrogen (secondary N) is 1. The van der Waals surface area contributed by atoms with Crippen LogP contribution in [0.25, 0.3) is 0 Å². The molecule has 1 aromatic heterocycles. The van der Waals surface area contributed by atoms with Crippen LogP contribution in [0.15, 0.2) is 6.07 Å². The number of aromatic carboxylic acids is 1. The third kappa shape index (κ3) is 1.99. The monoisotopic (exact) mass is 225 g/mol. The normalized spacial score (nSPS) is 15.6. The van der Waals surface area contributed by atoms with Crippen molar-refractivity contribution >= 4 is 24.0 Å². The highest BCUT2D eigenvalue weighted by Gasteiger charge is 2.20. The standard InChI is InChI=1S/C9H11N3O2S/c13-9(14)6-5-7(15)10-11-8(6)12-3-1-2-4-12/h5H,1-4H2,(H,10,15)(H,13,14). The molecule has 2 N–H and O–H groups in total. The molecule has 1 aliphatic heterocycles. The molecule has 1 aliphatic rings. The maximum absolute atomic E-state index is 11.0. The molecule has 2 rings (SSSR count). The van der Waals surface area contributed by atoms with Gasteiger partial charge in [-0.3, -0.25) is 5.10 Å². The summed E-state index contributed by atoms with van der Waals surface area (Å²) >= 11 is 4.85. The zero-order valence-electron chi connectivity index (χ0n) is 8.06. The summed E-state index contributed by atoms with van der Waals surface area (Å²) in [5, 5.41) is 15.7. The van der Waals surface area contributed by atoms with Crippen molar-refractivity contribution in [1.29, 1.82) is 0 Å². The summed E-state index contributed by atoms with van der Waals surface area (Å²) in [5.41, 5.74) is 0.181. The topological polar surface area (TPSA) is 69.2 Å². The second-order valence-corrected chi connectivity index (χ2v) is 3.91. The predicted octanol–water partition coefficient (Wildman–Crippen LogP) is 1.44. The van der Waals surface area contributed by atoms with Crippen LogP contribution in [-0.2, 0) is 0 Å². The number of hydrogen-bond acceptors (Lipinski definition) is 4. The minimum Gasteiger partial charge on any atom is -0.478 e. The number of rotatable bonds is 2. The largest absolute Gasteiger partial charge is 0.478 e. The Bertz CT molecular complexity index is 437. The van der Waals surface area contributed by atoms with Crippen molar-refractivity contribution in [3.05, 3.63) is 16.3 Å². The highest BCUT2D eigenvalue weighted by Crippen LogP contribution is 2.21. The molecule has 1 saturated heterocycles. The van der Waals surface area contributed by atoms with Gasteiger partial charge < -0.3 is 10.0 Å². The van der Waals surface area contributed by atoms with Crippen molar-refractivity contribution in [2.75, 3.05) is 18.0 Å². The molecular weight excluding hydrogens is 214 g/mol. The lowest BCUT2D eigenvalue weighted by Gasteiger charge is -2.17. The van der Waals surface area contributed by atoms with E-state index in [1.54, 1.807) is 0 Å². The number of nitrogens with zero attached hydrogens (tertiary/aromatic N) is 2. The lowest BCUT2D eigenvalue weighted by Crippen LogP contribution is -2.22. The molecule has 0 atom stereocenters. The highest BCUT2D eigenvalue weighted by atomic mass is 32.1. The second-order valence-electron chi connectivity index (χ2n) is 3.47. The summed E-state index contributed by atoms with van der Waals surface area (Å²) in [5.74, 6) is -0.488. The lowest BCUT2D eigenvalue weighted by atomic mass is 10.2. The zero-order chi connectivity index (χ0) is 10.8. The number of aromatic nitrogens is 2. The van der Waals surface area contributed by atoms with Crippen LogP contribution in [0.4, 0.5) is 5.82 Å². The first-order valence-electron chi connectivity index (χ1n) is 4.76. The molecule has 1 fully saturated rings. The smallest absolute Gasteiger partial charge is 0.339 e. The Hall–Kier alpha value is -1.43. The third-order valence-electron chi connectivity index (χ3n) is 2.42. The van der Waals surface area contributed by atoms with Crippen molar-refractivity contribution in [3.8, 4) is 0 Å². The molecule has 1 aromatic rings. The van der Waals surface area contributed by atoms with E-state index in [4.69, 9.17) is 17.3 Å². The average Bonchev–Trinajstić information content (AvgIpc) is 2.70. The van der Waals surface area contributed by atoms with Crippen molar-refractivity contribution in [2.24, 2.45) is 0 Å². The molecule has 0 radical (unpaired) electrons. The van der Waals surface area contributed by atoms with Crippen molar-refractivity contribution < 1.29 is 9.90 Å². The van der Waals surface area contributed by atoms with Crippen LogP contribution in [0, 0.1) is 4.64 Å². The van der Waals surface area contributed by atoms with E-state index in [-0.39, 0.29) is 5.56 Å². The van der Waals surface area contributed by atoms with Crippen LogP contribution in [0.5, 0.6) is 0 Å². The van der Waals surface area contributed by atoms with E-state index in [1.165, 1.54) is 6.07 Å². The van der Waals surface area contributed by atoms with Crippen LogP contribution >= 0.6 is 12.2 Å². The Balaban J connectivity index is 2.45. The SMILES string of the molecule is O=C(O)c1cc(=S)[nH]nc1N1CCCC1. The number of carboxylic acids is 1. The molecule has 0 bridgehead atoms. The second kappa shape index (κ2) is 3.98. The lowest BCUT2D eigenvalue weighted by molar-refractivity contribution is 0.0697. The highest BCUT2D eigenvalue weighted by molar-refractivity contribution is 7.71. The Kier molecular flexibility index (Phi) is 2.68. The fourth-order valence-corrected chi connectivity index (χ4v) is 1.89. The minimum atomic E-state index is -0.982. The third-order valence-corrected chi connectivity index (χ3v) is 2.63. The van der Waals surface area contributed by atoms with Crippen LogP contribution in [0.1, 0.15) is 23.2 Å². The van der Waals surface area contributed by atoms with Crippen molar-refractivity contribution in [1.82, 2.24) is 10.2 Å². The van der Waals surface area contributed by atoms with E-state index >= 15 is 0 Å². The van der Waals surface area contributed by atoms with Gasteiger partial charge in [0.25, 0.3) is 0 Å². The van der Waals surface area contributed by atoms with E-state index < -0.39 is 5.97 Å². The zero-order valence-corrected chi connectivity index (χ0v) is 8.88. The number of H-pyrrole nitrogens is 1. The average molecular weight is 225 g/mol. The Morgan fingerprint density at radius 3 is 2.80 bits per heavy atom. The molecule has 0 saturated carbocycles. The Morgan fingerprint density at radius 1 is 1.53 bits per heavy atom. The van der Waals surface area contributed by atoms with Crippen LogP contribution in [-0.4, -0.2) is 34.4 Å². The number of carboxylic acid groups (broad SMARTS) is 1. The molecule has 0 amide bonds. The fourth-order valence-electron chi connectivity index (χ4n) is 1.72. The maximum Gasteiger partial charge on any atom is 0.339 e.